The van der Waals surface area contributed by atoms with Crippen molar-refractivity contribution >= 4 is 34.9 Å². The van der Waals surface area contributed by atoms with Crippen molar-refractivity contribution in [2.24, 2.45) is 0 Å². The third kappa shape index (κ3) is 4.37. The number of ether oxygens (including phenoxy) is 1. The molecule has 1 atom stereocenters. The molecule has 1 aromatic carbocycles. The number of hydrogen-bond acceptors (Lipinski definition) is 6. The zero-order valence-corrected chi connectivity index (χ0v) is 16.4. The molecule has 1 aliphatic heterocycles. The highest BCUT2D eigenvalue weighted by Gasteiger charge is 2.35. The van der Waals surface area contributed by atoms with Crippen molar-refractivity contribution in [3.05, 3.63) is 45.9 Å². The van der Waals surface area contributed by atoms with E-state index in [-0.39, 0.29) is 11.8 Å². The molecule has 1 fully saturated rings. The summed E-state index contributed by atoms with van der Waals surface area (Å²) < 4.78 is 5.40. The molecule has 138 valence electrons. The number of amides is 2. The molecule has 3 rings (SSSR count). The Labute approximate surface area is 160 Å². The van der Waals surface area contributed by atoms with E-state index in [0.717, 1.165) is 16.5 Å². The van der Waals surface area contributed by atoms with Crippen LogP contribution in [0, 0.1) is 6.92 Å². The van der Waals surface area contributed by atoms with Crippen LogP contribution in [0.15, 0.2) is 29.6 Å². The van der Waals surface area contributed by atoms with Crippen molar-refractivity contribution in [1.29, 1.82) is 0 Å². The molecule has 1 aromatic heterocycles. The van der Waals surface area contributed by atoms with Gasteiger partial charge in [0.1, 0.15) is 11.8 Å². The topological polar surface area (TPSA) is 71.5 Å². The number of rotatable bonds is 6. The van der Waals surface area contributed by atoms with Crippen molar-refractivity contribution in [3.8, 4) is 5.75 Å². The smallest absolute Gasteiger partial charge is 0.255 e. The molecular weight excluding hydrogens is 370 g/mol. The lowest BCUT2D eigenvalue weighted by molar-refractivity contribution is -0.124. The van der Waals surface area contributed by atoms with Gasteiger partial charge in [-0.05, 0) is 38.1 Å². The maximum absolute atomic E-state index is 12.8. The maximum atomic E-state index is 12.8. The molecule has 0 spiro atoms. The Morgan fingerprint density at radius 2 is 2.12 bits per heavy atom. The van der Waals surface area contributed by atoms with Gasteiger partial charge in [0.15, 0.2) is 0 Å². The molecule has 0 unspecified atom stereocenters. The minimum atomic E-state index is -0.459. The molecule has 1 N–H and O–H groups in total. The highest BCUT2D eigenvalue weighted by Crippen LogP contribution is 2.24. The van der Waals surface area contributed by atoms with Crippen molar-refractivity contribution in [2.75, 3.05) is 18.2 Å². The van der Waals surface area contributed by atoms with Gasteiger partial charge < -0.3 is 15.0 Å². The summed E-state index contributed by atoms with van der Waals surface area (Å²) in [5.41, 5.74) is 1.40. The van der Waals surface area contributed by atoms with Gasteiger partial charge in [-0.1, -0.05) is 0 Å². The quantitative estimate of drug-likeness (QED) is 0.820. The average Bonchev–Trinajstić information content (AvgIpc) is 3.29. The summed E-state index contributed by atoms with van der Waals surface area (Å²) in [5.74, 6) is 1.57. The van der Waals surface area contributed by atoms with Crippen LogP contribution in [0.3, 0.4) is 0 Å². The predicted octanol–water partition coefficient (Wildman–Crippen LogP) is 2.68. The molecule has 0 bridgehead atoms. The van der Waals surface area contributed by atoms with Crippen LogP contribution in [0.4, 0.5) is 0 Å². The first-order valence-electron chi connectivity index (χ1n) is 8.38. The average molecular weight is 392 g/mol. The van der Waals surface area contributed by atoms with E-state index in [9.17, 15) is 9.59 Å². The number of carbonyl (C=O) groups excluding carboxylic acids is 2. The van der Waals surface area contributed by atoms with Crippen LogP contribution in [-0.2, 0) is 11.3 Å². The third-order valence-corrected chi connectivity index (χ3v) is 5.80. The van der Waals surface area contributed by atoms with E-state index < -0.39 is 6.04 Å². The van der Waals surface area contributed by atoms with Gasteiger partial charge >= 0.3 is 0 Å². The standard InChI is InChI=1S/C18H21N3O3S2/c1-3-24-15-6-4-13(5-7-15)18(23)21-11-25-10-16(21)17(22)19-8-14-9-26-12(2)20-14/h4-7,9,16H,3,8,10-11H2,1-2H3,(H,19,22)/t16-/m0/s1. The zero-order valence-electron chi connectivity index (χ0n) is 14.7. The van der Waals surface area contributed by atoms with Gasteiger partial charge in [-0.2, -0.15) is 0 Å². The number of hydrogen-bond donors (Lipinski definition) is 1. The normalized spacial score (nSPS) is 16.5. The summed E-state index contributed by atoms with van der Waals surface area (Å²) in [7, 11) is 0. The first-order valence-corrected chi connectivity index (χ1v) is 10.4. The maximum Gasteiger partial charge on any atom is 0.255 e. The number of carbonyl (C=O) groups is 2. The third-order valence-electron chi connectivity index (χ3n) is 3.97. The van der Waals surface area contributed by atoms with Crippen LogP contribution in [0.2, 0.25) is 0 Å². The minimum absolute atomic E-state index is 0.136. The lowest BCUT2D eigenvalue weighted by Gasteiger charge is -2.23. The summed E-state index contributed by atoms with van der Waals surface area (Å²) in [6.07, 6.45) is 0. The fraction of sp³-hybridized carbons (Fsp3) is 0.389. The number of benzene rings is 1. The summed E-state index contributed by atoms with van der Waals surface area (Å²) >= 11 is 3.14. The van der Waals surface area contributed by atoms with Crippen LogP contribution in [-0.4, -0.2) is 46.0 Å². The molecule has 0 aliphatic carbocycles. The Balaban J connectivity index is 1.62. The molecule has 1 saturated heterocycles. The largest absolute Gasteiger partial charge is 0.494 e. The van der Waals surface area contributed by atoms with E-state index in [2.05, 4.69) is 10.3 Å². The van der Waals surface area contributed by atoms with Crippen molar-refractivity contribution < 1.29 is 14.3 Å². The molecule has 2 heterocycles. The number of aryl methyl sites for hydroxylation is 1. The lowest BCUT2D eigenvalue weighted by atomic mass is 10.1. The van der Waals surface area contributed by atoms with E-state index in [1.54, 1.807) is 52.3 Å². The Morgan fingerprint density at radius 1 is 1.35 bits per heavy atom. The second kappa shape index (κ2) is 8.55. The molecule has 6 nitrogen and oxygen atoms in total. The molecule has 0 saturated carbocycles. The van der Waals surface area contributed by atoms with Crippen LogP contribution in [0.1, 0.15) is 28.0 Å². The van der Waals surface area contributed by atoms with Crippen LogP contribution >= 0.6 is 23.1 Å². The molecule has 8 heteroatoms. The number of thioether (sulfide) groups is 1. The lowest BCUT2D eigenvalue weighted by Crippen LogP contribution is -2.47. The first-order chi connectivity index (χ1) is 12.6. The fourth-order valence-electron chi connectivity index (χ4n) is 2.67. The Hall–Kier alpha value is -2.06. The van der Waals surface area contributed by atoms with Crippen molar-refractivity contribution in [3.63, 3.8) is 0 Å². The summed E-state index contributed by atoms with van der Waals surface area (Å²) in [5, 5.41) is 5.80. The van der Waals surface area contributed by atoms with Crippen LogP contribution in [0.25, 0.3) is 0 Å². The van der Waals surface area contributed by atoms with Crippen molar-refractivity contribution in [2.45, 2.75) is 26.4 Å². The zero-order chi connectivity index (χ0) is 18.5. The van der Waals surface area contributed by atoms with Gasteiger partial charge in [-0.15, -0.1) is 23.1 Å². The highest BCUT2D eigenvalue weighted by atomic mass is 32.2. The summed E-state index contributed by atoms with van der Waals surface area (Å²) in [6, 6.07) is 6.57. The Morgan fingerprint density at radius 3 is 2.77 bits per heavy atom. The second-order valence-electron chi connectivity index (χ2n) is 5.82. The minimum Gasteiger partial charge on any atom is -0.494 e. The van der Waals surface area contributed by atoms with Crippen molar-refractivity contribution in [1.82, 2.24) is 15.2 Å². The van der Waals surface area contributed by atoms with E-state index in [0.29, 0.717) is 30.3 Å². The molecule has 2 aromatic rings. The molecule has 2 amide bonds. The first kappa shape index (κ1) is 18.7. The Bertz CT molecular complexity index is 776. The Kier molecular flexibility index (Phi) is 6.16. The number of nitrogens with one attached hydrogen (secondary N) is 1. The molecule has 1 aliphatic rings. The van der Waals surface area contributed by atoms with E-state index in [1.807, 2.05) is 19.2 Å². The van der Waals surface area contributed by atoms with E-state index >= 15 is 0 Å². The summed E-state index contributed by atoms with van der Waals surface area (Å²) in [6.45, 7) is 4.81. The molecule has 26 heavy (non-hydrogen) atoms. The van der Waals surface area contributed by atoms with Crippen LogP contribution < -0.4 is 10.1 Å². The number of nitrogens with zero attached hydrogens (tertiary/aromatic N) is 2. The predicted molar refractivity (Wildman–Crippen MR) is 104 cm³/mol. The molecule has 0 radical (unpaired) electrons. The van der Waals surface area contributed by atoms with Gasteiger partial charge in [0.05, 0.1) is 29.7 Å². The van der Waals surface area contributed by atoms with Gasteiger partial charge in [-0.3, -0.25) is 9.59 Å². The van der Waals surface area contributed by atoms with Crippen LogP contribution in [0.5, 0.6) is 5.75 Å². The van der Waals surface area contributed by atoms with E-state index in [4.69, 9.17) is 4.74 Å². The fourth-order valence-corrected chi connectivity index (χ4v) is 4.44. The number of aromatic nitrogens is 1. The monoisotopic (exact) mass is 391 g/mol. The number of thiazole rings is 1. The van der Waals surface area contributed by atoms with E-state index in [1.165, 1.54) is 0 Å². The summed E-state index contributed by atoms with van der Waals surface area (Å²) in [4.78, 5) is 31.3. The SMILES string of the molecule is CCOc1ccc(C(=O)N2CSC[C@H]2C(=O)NCc2csc(C)n2)cc1. The second-order valence-corrected chi connectivity index (χ2v) is 7.89. The highest BCUT2D eigenvalue weighted by molar-refractivity contribution is 7.99. The van der Waals surface area contributed by atoms with Gasteiger partial charge in [0, 0.05) is 16.7 Å². The van der Waals surface area contributed by atoms with Gasteiger partial charge in [0.25, 0.3) is 5.91 Å². The molecular formula is C18H21N3O3S2. The van der Waals surface area contributed by atoms with Gasteiger partial charge in [-0.25, -0.2) is 4.98 Å². The van der Waals surface area contributed by atoms with Gasteiger partial charge in [0.2, 0.25) is 5.91 Å².